The van der Waals surface area contributed by atoms with Gasteiger partial charge >= 0.3 is 0 Å². The van der Waals surface area contributed by atoms with Crippen LogP contribution >= 0.6 is 0 Å². The Hall–Kier alpha value is -1.39. The first-order valence-electron chi connectivity index (χ1n) is 10.3. The lowest BCUT2D eigenvalue weighted by Gasteiger charge is -2.41. The smallest absolute Gasteiger partial charge is 0.225 e. The predicted octanol–water partition coefficient (Wildman–Crippen LogP) is 3.20. The van der Waals surface area contributed by atoms with E-state index < -0.39 is 0 Å². The maximum absolute atomic E-state index is 13.0. The number of piperidine rings is 1. The fourth-order valence-electron chi connectivity index (χ4n) is 5.46. The molecular formula is C20H32N4O. The van der Waals surface area contributed by atoms with Gasteiger partial charge in [-0.15, -0.1) is 10.2 Å². The third-order valence-corrected chi connectivity index (χ3v) is 7.09. The van der Waals surface area contributed by atoms with Crippen molar-refractivity contribution in [2.24, 2.45) is 30.7 Å². The van der Waals surface area contributed by atoms with Crippen LogP contribution in [0.3, 0.4) is 0 Å². The molecule has 3 atom stereocenters. The lowest BCUT2D eigenvalue weighted by atomic mass is 9.67. The van der Waals surface area contributed by atoms with Crippen LogP contribution in [0.15, 0.2) is 6.33 Å². The van der Waals surface area contributed by atoms with Crippen molar-refractivity contribution in [2.45, 2.75) is 64.2 Å². The average Bonchev–Trinajstić information content (AvgIpc) is 3.06. The van der Waals surface area contributed by atoms with Crippen molar-refractivity contribution in [1.82, 2.24) is 19.7 Å². The molecule has 0 radical (unpaired) electrons. The van der Waals surface area contributed by atoms with Crippen molar-refractivity contribution in [3.05, 3.63) is 12.2 Å². The molecule has 3 unspecified atom stereocenters. The minimum atomic E-state index is 0.314. The topological polar surface area (TPSA) is 51.0 Å². The number of hydrogen-bond donors (Lipinski definition) is 0. The zero-order valence-electron chi connectivity index (χ0n) is 15.6. The Morgan fingerprint density at radius 2 is 1.84 bits per heavy atom. The highest BCUT2D eigenvalue weighted by atomic mass is 16.2. The highest BCUT2D eigenvalue weighted by Crippen LogP contribution is 2.43. The van der Waals surface area contributed by atoms with Gasteiger partial charge < -0.3 is 9.47 Å². The van der Waals surface area contributed by atoms with Crippen LogP contribution in [0.25, 0.3) is 0 Å². The van der Waals surface area contributed by atoms with Crippen LogP contribution in [0.4, 0.5) is 0 Å². The number of carbonyl (C=O) groups is 1. The SMILES string of the molecule is Cn1cnnc1CC1CCN(C(=O)C2CCC3CCCCC3C2)CC1. The standard InChI is InChI=1S/C20H32N4O/c1-23-14-21-22-19(23)12-15-8-10-24(11-9-15)20(25)18-7-6-16-4-2-3-5-17(16)13-18/h14-18H,2-13H2,1H3. The Labute approximate surface area is 151 Å². The maximum atomic E-state index is 13.0. The summed E-state index contributed by atoms with van der Waals surface area (Å²) in [6.07, 6.45) is 14.2. The zero-order valence-corrected chi connectivity index (χ0v) is 15.6. The summed E-state index contributed by atoms with van der Waals surface area (Å²) in [6.45, 7) is 1.87. The number of hydrogen-bond acceptors (Lipinski definition) is 3. The van der Waals surface area contributed by atoms with Crippen LogP contribution in [0, 0.1) is 23.7 Å². The van der Waals surface area contributed by atoms with Crippen LogP contribution in [0.2, 0.25) is 0 Å². The molecule has 2 heterocycles. The third-order valence-electron chi connectivity index (χ3n) is 7.09. The largest absolute Gasteiger partial charge is 0.342 e. The maximum Gasteiger partial charge on any atom is 0.225 e. The molecule has 0 N–H and O–H groups in total. The van der Waals surface area contributed by atoms with Gasteiger partial charge in [-0.2, -0.15) is 0 Å². The predicted molar refractivity (Wildman–Crippen MR) is 96.8 cm³/mol. The van der Waals surface area contributed by atoms with E-state index in [1.165, 1.54) is 38.5 Å². The summed E-state index contributed by atoms with van der Waals surface area (Å²) in [5, 5.41) is 8.18. The van der Waals surface area contributed by atoms with Crippen molar-refractivity contribution in [1.29, 1.82) is 0 Å². The fourth-order valence-corrected chi connectivity index (χ4v) is 5.46. The number of fused-ring (bicyclic) bond motifs is 1. The second-order valence-corrected chi connectivity index (χ2v) is 8.65. The number of amides is 1. The van der Waals surface area contributed by atoms with Crippen LogP contribution in [-0.2, 0) is 18.3 Å². The van der Waals surface area contributed by atoms with Gasteiger partial charge in [0.1, 0.15) is 12.2 Å². The first kappa shape index (κ1) is 17.0. The molecule has 1 aliphatic heterocycles. The molecule has 1 amide bonds. The van der Waals surface area contributed by atoms with Crippen LogP contribution < -0.4 is 0 Å². The lowest BCUT2D eigenvalue weighted by Crippen LogP contribution is -2.44. The van der Waals surface area contributed by atoms with E-state index in [-0.39, 0.29) is 0 Å². The number of likely N-dealkylation sites (tertiary alicyclic amines) is 1. The molecule has 1 aromatic rings. The Kier molecular flexibility index (Phi) is 5.09. The number of carbonyl (C=O) groups excluding carboxylic acids is 1. The van der Waals surface area contributed by atoms with E-state index in [2.05, 4.69) is 15.1 Å². The van der Waals surface area contributed by atoms with E-state index in [1.54, 1.807) is 6.33 Å². The Morgan fingerprint density at radius 3 is 2.56 bits per heavy atom. The summed E-state index contributed by atoms with van der Waals surface area (Å²) in [5.41, 5.74) is 0. The Balaban J connectivity index is 1.27. The van der Waals surface area contributed by atoms with Gasteiger partial charge in [-0.3, -0.25) is 4.79 Å². The molecule has 5 nitrogen and oxygen atoms in total. The van der Waals surface area contributed by atoms with E-state index in [0.717, 1.165) is 56.4 Å². The molecule has 0 aromatic carbocycles. The number of aromatic nitrogens is 3. The summed E-state index contributed by atoms with van der Waals surface area (Å²) in [5.74, 6) is 4.25. The third kappa shape index (κ3) is 3.75. The van der Waals surface area contributed by atoms with Crippen molar-refractivity contribution >= 4 is 5.91 Å². The molecule has 4 rings (SSSR count). The van der Waals surface area contributed by atoms with E-state index in [9.17, 15) is 4.79 Å². The highest BCUT2D eigenvalue weighted by Gasteiger charge is 2.37. The Morgan fingerprint density at radius 1 is 1.08 bits per heavy atom. The zero-order chi connectivity index (χ0) is 17.2. The van der Waals surface area contributed by atoms with E-state index in [1.807, 2.05) is 11.6 Å². The molecule has 1 saturated heterocycles. The minimum Gasteiger partial charge on any atom is -0.342 e. The van der Waals surface area contributed by atoms with E-state index >= 15 is 0 Å². The summed E-state index contributed by atoms with van der Waals surface area (Å²) < 4.78 is 2.01. The quantitative estimate of drug-likeness (QED) is 0.846. The molecule has 0 spiro atoms. The molecule has 2 saturated carbocycles. The average molecular weight is 345 g/mol. The number of rotatable bonds is 3. The second-order valence-electron chi connectivity index (χ2n) is 8.65. The summed E-state index contributed by atoms with van der Waals surface area (Å²) in [4.78, 5) is 15.2. The van der Waals surface area contributed by atoms with Gasteiger partial charge in [0.15, 0.2) is 0 Å². The van der Waals surface area contributed by atoms with E-state index in [0.29, 0.717) is 17.7 Å². The fraction of sp³-hybridized carbons (Fsp3) is 0.850. The lowest BCUT2D eigenvalue weighted by molar-refractivity contribution is -0.139. The Bertz CT molecular complexity index is 590. The molecule has 0 bridgehead atoms. The molecule has 2 aliphatic carbocycles. The van der Waals surface area contributed by atoms with Gasteiger partial charge in [0, 0.05) is 32.5 Å². The van der Waals surface area contributed by atoms with Gasteiger partial charge in [-0.1, -0.05) is 25.7 Å². The summed E-state index contributed by atoms with van der Waals surface area (Å²) >= 11 is 0. The van der Waals surface area contributed by atoms with Gasteiger partial charge in [0.05, 0.1) is 0 Å². The molecule has 5 heteroatoms. The van der Waals surface area contributed by atoms with Crippen molar-refractivity contribution in [3.8, 4) is 0 Å². The second kappa shape index (κ2) is 7.46. The van der Waals surface area contributed by atoms with Gasteiger partial charge in [0.2, 0.25) is 5.91 Å². The minimum absolute atomic E-state index is 0.314. The van der Waals surface area contributed by atoms with Crippen molar-refractivity contribution in [3.63, 3.8) is 0 Å². The number of aryl methyl sites for hydroxylation is 1. The van der Waals surface area contributed by atoms with E-state index in [4.69, 9.17) is 0 Å². The first-order chi connectivity index (χ1) is 12.2. The molecule has 25 heavy (non-hydrogen) atoms. The first-order valence-corrected chi connectivity index (χ1v) is 10.3. The molecule has 138 valence electrons. The monoisotopic (exact) mass is 344 g/mol. The highest BCUT2D eigenvalue weighted by molar-refractivity contribution is 5.79. The molecule has 3 aliphatic rings. The normalized spacial score (nSPS) is 30.9. The van der Waals surface area contributed by atoms with Crippen molar-refractivity contribution < 1.29 is 4.79 Å². The molecule has 3 fully saturated rings. The van der Waals surface area contributed by atoms with Crippen molar-refractivity contribution in [2.75, 3.05) is 13.1 Å². The van der Waals surface area contributed by atoms with Crippen LogP contribution in [0.5, 0.6) is 0 Å². The number of nitrogens with zero attached hydrogens (tertiary/aromatic N) is 4. The van der Waals surface area contributed by atoms with Gasteiger partial charge in [-0.05, 0) is 49.9 Å². The molecule has 1 aromatic heterocycles. The van der Waals surface area contributed by atoms with Crippen LogP contribution in [0.1, 0.15) is 63.6 Å². The van der Waals surface area contributed by atoms with Crippen LogP contribution in [-0.4, -0.2) is 38.7 Å². The summed E-state index contributed by atoms with van der Waals surface area (Å²) in [7, 11) is 2.01. The summed E-state index contributed by atoms with van der Waals surface area (Å²) in [6, 6.07) is 0. The van der Waals surface area contributed by atoms with Gasteiger partial charge in [-0.25, -0.2) is 0 Å². The van der Waals surface area contributed by atoms with Gasteiger partial charge in [0.25, 0.3) is 0 Å². The molecular weight excluding hydrogens is 312 g/mol.